The monoisotopic (exact) mass is 583 g/mol. The molecule has 0 unspecified atom stereocenters. The number of allylic oxidation sites excluding steroid dienone is 11. The maximum absolute atomic E-state index is 6.24. The van der Waals surface area contributed by atoms with Gasteiger partial charge in [0.05, 0.1) is 16.4 Å². The Morgan fingerprint density at radius 3 is 2.30 bits per heavy atom. The Hall–Kier alpha value is -3.92. The molecule has 3 aliphatic rings. The molecule has 0 spiro atoms. The molecule has 0 aliphatic heterocycles. The number of H-pyrrole nitrogens is 1. The van der Waals surface area contributed by atoms with Gasteiger partial charge in [0.15, 0.2) is 0 Å². The molecule has 5 rings (SSSR count). The third-order valence-corrected chi connectivity index (χ3v) is 6.18. The molecule has 4 nitrogen and oxygen atoms in total. The molecule has 0 fully saturated rings. The zero-order valence-corrected chi connectivity index (χ0v) is 28.5. The first-order valence-corrected chi connectivity index (χ1v) is 16.2. The summed E-state index contributed by atoms with van der Waals surface area (Å²) in [7, 11) is 0. The van der Waals surface area contributed by atoms with Crippen LogP contribution in [0.4, 0.5) is 5.69 Å². The van der Waals surface area contributed by atoms with Crippen LogP contribution >= 0.6 is 0 Å². The molecule has 1 heterocycles. The van der Waals surface area contributed by atoms with Crippen LogP contribution in [0.15, 0.2) is 89.2 Å². The highest BCUT2D eigenvalue weighted by atomic mass is 16.5. The molecule has 1 aromatic carbocycles. The van der Waals surface area contributed by atoms with Crippen LogP contribution in [-0.4, -0.2) is 15.7 Å². The van der Waals surface area contributed by atoms with E-state index in [1.807, 2.05) is 72.8 Å². The van der Waals surface area contributed by atoms with Crippen LogP contribution in [0.25, 0.3) is 17.7 Å². The highest BCUT2D eigenvalue weighted by Crippen LogP contribution is 2.28. The second-order valence-electron chi connectivity index (χ2n) is 9.54. The van der Waals surface area contributed by atoms with Gasteiger partial charge in [0.2, 0.25) is 0 Å². The van der Waals surface area contributed by atoms with Crippen LogP contribution in [0.5, 0.6) is 5.75 Å². The predicted octanol–water partition coefficient (Wildman–Crippen LogP) is 10.7. The van der Waals surface area contributed by atoms with Crippen molar-refractivity contribution in [1.29, 1.82) is 0 Å². The first kappa shape index (κ1) is 37.1. The van der Waals surface area contributed by atoms with E-state index in [2.05, 4.69) is 80.9 Å². The molecule has 0 bridgehead atoms. The largest absolute Gasteiger partial charge is 0.461 e. The van der Waals surface area contributed by atoms with Gasteiger partial charge in [0.1, 0.15) is 17.3 Å². The van der Waals surface area contributed by atoms with Gasteiger partial charge in [-0.2, -0.15) is 0 Å². The zero-order valence-electron chi connectivity index (χ0n) is 28.5. The highest BCUT2D eigenvalue weighted by Gasteiger charge is 2.10. The van der Waals surface area contributed by atoms with Gasteiger partial charge in [0, 0.05) is 25.2 Å². The Labute approximate surface area is 263 Å². The highest BCUT2D eigenvalue weighted by molar-refractivity contribution is 6.02. The van der Waals surface area contributed by atoms with Gasteiger partial charge in [-0.25, -0.2) is 4.98 Å². The number of nitrogens with one attached hydrogen (secondary N) is 1. The fourth-order valence-electron chi connectivity index (χ4n) is 4.15. The van der Waals surface area contributed by atoms with Crippen molar-refractivity contribution in [1.82, 2.24) is 9.97 Å². The van der Waals surface area contributed by atoms with Crippen molar-refractivity contribution in [3.63, 3.8) is 0 Å². The zero-order chi connectivity index (χ0) is 32.2. The Morgan fingerprint density at radius 1 is 0.953 bits per heavy atom. The molecule has 0 saturated carbocycles. The molecule has 1 aromatic heterocycles. The molecule has 0 saturated heterocycles. The van der Waals surface area contributed by atoms with E-state index in [1.165, 1.54) is 6.42 Å². The number of benzene rings is 1. The summed E-state index contributed by atoms with van der Waals surface area (Å²) in [6.45, 7) is 24.4. The van der Waals surface area contributed by atoms with E-state index in [-0.39, 0.29) is 1.43 Å². The summed E-state index contributed by atoms with van der Waals surface area (Å²) in [4.78, 5) is 13.1. The molecule has 234 valence electrons. The lowest BCUT2D eigenvalue weighted by molar-refractivity contribution is 0.419. The van der Waals surface area contributed by atoms with Crippen LogP contribution in [0, 0.1) is 6.92 Å². The SMILES string of the molecule is C=C1C=CC(C(C)=Nc2cc(OC3=CC=c4[nH]c(C5=CCCC=C5)nc4=CC3)ccc2C)=CC1.CC.CC.CC.CCC.[HH]. The summed E-state index contributed by atoms with van der Waals surface area (Å²) in [6, 6.07) is 6.06. The molecular formula is C39H57N3O. The van der Waals surface area contributed by atoms with Crippen molar-refractivity contribution < 1.29 is 6.16 Å². The van der Waals surface area contributed by atoms with Gasteiger partial charge < -0.3 is 9.72 Å². The summed E-state index contributed by atoms with van der Waals surface area (Å²) >= 11 is 0. The second-order valence-corrected chi connectivity index (χ2v) is 9.54. The van der Waals surface area contributed by atoms with Crippen LogP contribution in [-0.2, 0) is 0 Å². The Bertz CT molecular complexity index is 1480. The molecule has 0 radical (unpaired) electrons. The van der Waals surface area contributed by atoms with Gasteiger partial charge in [-0.05, 0) is 68.5 Å². The number of hydrogen-bond donors (Lipinski definition) is 1. The standard InChI is InChI=1S/C30H29N3O.C3H8.3C2H6.H2/c1-20-9-12-23(13-10-20)22(3)31-29-19-26(14-11-21(29)2)34-25-15-17-27-28(18-16-25)33-30(32-27)24-7-5-4-6-8-24;1-3-2;3*1-2;/h5,7-9,11-15,17-19H,1,4,6,10,16H2,2-3H3,(H,32,33);3H2,1-2H3;3*1-2H3;1H. The lowest BCUT2D eigenvalue weighted by atomic mass is 10.0. The summed E-state index contributed by atoms with van der Waals surface area (Å²) in [5.74, 6) is 2.58. The average Bonchev–Trinajstić information content (AvgIpc) is 3.38. The quantitative estimate of drug-likeness (QED) is 0.356. The first-order valence-electron chi connectivity index (χ1n) is 16.2. The topological polar surface area (TPSA) is 50.3 Å². The van der Waals surface area contributed by atoms with Crippen molar-refractivity contribution in [3.05, 3.63) is 106 Å². The van der Waals surface area contributed by atoms with Crippen LogP contribution < -0.4 is 15.4 Å². The molecule has 4 heteroatoms. The average molecular weight is 584 g/mol. The fraction of sp³-hybridized carbons (Fsp3) is 0.385. The number of rotatable bonds is 5. The van der Waals surface area contributed by atoms with E-state index in [1.54, 1.807) is 0 Å². The van der Waals surface area contributed by atoms with Gasteiger partial charge in [-0.1, -0.05) is 116 Å². The Balaban J connectivity index is 0.00000169. The molecular weight excluding hydrogens is 526 g/mol. The third-order valence-electron chi connectivity index (χ3n) is 6.18. The number of nitrogens with zero attached hydrogens (tertiary/aromatic N) is 2. The molecule has 2 aromatic rings. The molecule has 1 N–H and O–H groups in total. The van der Waals surface area contributed by atoms with Crippen LogP contribution in [0.1, 0.15) is 107 Å². The molecule has 43 heavy (non-hydrogen) atoms. The number of ether oxygens (including phenoxy) is 1. The number of hydrogen-bond acceptors (Lipinski definition) is 3. The van der Waals surface area contributed by atoms with Crippen molar-refractivity contribution in [2.24, 2.45) is 4.99 Å². The van der Waals surface area contributed by atoms with E-state index >= 15 is 0 Å². The first-order chi connectivity index (χ1) is 21.0. The Morgan fingerprint density at radius 2 is 1.67 bits per heavy atom. The lowest BCUT2D eigenvalue weighted by Crippen LogP contribution is -2.23. The summed E-state index contributed by atoms with van der Waals surface area (Å²) < 4.78 is 6.24. The van der Waals surface area contributed by atoms with E-state index in [0.29, 0.717) is 6.42 Å². The Kier molecular flexibility index (Phi) is 18.0. The minimum atomic E-state index is 0. The maximum atomic E-state index is 6.24. The molecule has 0 amide bonds. The van der Waals surface area contributed by atoms with Crippen molar-refractivity contribution in [2.75, 3.05) is 0 Å². The summed E-state index contributed by atoms with van der Waals surface area (Å²) in [5, 5.41) is 1.97. The lowest BCUT2D eigenvalue weighted by Gasteiger charge is -2.11. The van der Waals surface area contributed by atoms with E-state index < -0.39 is 0 Å². The number of aromatic nitrogens is 2. The summed E-state index contributed by atoms with van der Waals surface area (Å²) in [6.07, 6.45) is 24.0. The van der Waals surface area contributed by atoms with Crippen LogP contribution in [0.3, 0.4) is 0 Å². The van der Waals surface area contributed by atoms with Gasteiger partial charge in [0.25, 0.3) is 0 Å². The number of fused-ring (bicyclic) bond motifs is 1. The molecule has 0 atom stereocenters. The van der Waals surface area contributed by atoms with Crippen molar-refractivity contribution >= 4 is 29.1 Å². The minimum Gasteiger partial charge on any atom is -0.461 e. The normalized spacial score (nSPS) is 14.8. The van der Waals surface area contributed by atoms with E-state index in [0.717, 1.165) is 81.0 Å². The van der Waals surface area contributed by atoms with E-state index in [9.17, 15) is 0 Å². The predicted molar refractivity (Wildman–Crippen MR) is 193 cm³/mol. The summed E-state index contributed by atoms with van der Waals surface area (Å²) in [5.41, 5.74) is 6.44. The van der Waals surface area contributed by atoms with E-state index in [4.69, 9.17) is 14.7 Å². The van der Waals surface area contributed by atoms with Gasteiger partial charge >= 0.3 is 0 Å². The smallest absolute Gasteiger partial charge is 0.138 e. The second kappa shape index (κ2) is 20.9. The fourth-order valence-corrected chi connectivity index (χ4v) is 4.15. The van der Waals surface area contributed by atoms with Gasteiger partial charge in [-0.15, -0.1) is 0 Å². The van der Waals surface area contributed by atoms with Crippen molar-refractivity contribution in [2.45, 2.75) is 101 Å². The van der Waals surface area contributed by atoms with Gasteiger partial charge in [-0.3, -0.25) is 4.99 Å². The number of imidazole rings is 1. The molecule has 3 aliphatic carbocycles. The number of aromatic amines is 1. The third kappa shape index (κ3) is 11.7. The van der Waals surface area contributed by atoms with Crippen molar-refractivity contribution in [3.8, 4) is 5.75 Å². The minimum absolute atomic E-state index is 0. The number of aliphatic imine (C=N–C) groups is 1. The number of aryl methyl sites for hydroxylation is 1. The van der Waals surface area contributed by atoms with Crippen LogP contribution in [0.2, 0.25) is 0 Å². The maximum Gasteiger partial charge on any atom is 0.138 e.